The Labute approximate surface area is 157 Å². The number of hydrogen-bond donors (Lipinski definition) is 2. The number of guanidine groups is 1. The van der Waals surface area contributed by atoms with E-state index in [0.29, 0.717) is 25.7 Å². The summed E-state index contributed by atoms with van der Waals surface area (Å²) < 4.78 is 7.33. The maximum absolute atomic E-state index is 9.89. The SMILES string of the molecule is CCNC(=NCC1(CO)CCOCC1)N(C)Cc1cn(C)nc1C(C)C. The number of ether oxygens (including phenoxy) is 1. The Morgan fingerprint density at radius 3 is 2.73 bits per heavy atom. The molecule has 0 unspecified atom stereocenters. The van der Waals surface area contributed by atoms with E-state index < -0.39 is 0 Å². The topological polar surface area (TPSA) is 74.9 Å². The van der Waals surface area contributed by atoms with Crippen LogP contribution in [0.3, 0.4) is 0 Å². The van der Waals surface area contributed by atoms with E-state index in [9.17, 15) is 5.11 Å². The average molecular weight is 366 g/mol. The molecule has 0 spiro atoms. The van der Waals surface area contributed by atoms with Gasteiger partial charge in [0.2, 0.25) is 0 Å². The van der Waals surface area contributed by atoms with E-state index in [1.165, 1.54) is 5.56 Å². The van der Waals surface area contributed by atoms with Crippen LogP contribution in [0.15, 0.2) is 11.2 Å². The number of rotatable bonds is 7. The molecule has 0 saturated carbocycles. The second-order valence-corrected chi connectivity index (χ2v) is 7.66. The average Bonchev–Trinajstić information content (AvgIpc) is 2.99. The molecule has 0 atom stereocenters. The first kappa shape index (κ1) is 20.7. The summed E-state index contributed by atoms with van der Waals surface area (Å²) in [6.45, 7) is 10.1. The van der Waals surface area contributed by atoms with E-state index in [1.54, 1.807) is 0 Å². The standard InChI is InChI=1S/C19H35N5O2/c1-6-20-18(21-13-19(14-25)7-9-26-10-8-19)23(4)11-16-12-24(5)22-17(16)15(2)3/h12,15,25H,6-11,13-14H2,1-5H3,(H,20,21). The number of aliphatic imine (C=N–C) groups is 1. The van der Waals surface area contributed by atoms with E-state index in [2.05, 4.69) is 42.3 Å². The fraction of sp³-hybridized carbons (Fsp3) is 0.789. The van der Waals surface area contributed by atoms with Crippen molar-refractivity contribution in [2.45, 2.75) is 46.1 Å². The highest BCUT2D eigenvalue weighted by Gasteiger charge is 2.32. The van der Waals surface area contributed by atoms with Gasteiger partial charge in [-0.2, -0.15) is 5.10 Å². The molecule has 2 N–H and O–H groups in total. The zero-order chi connectivity index (χ0) is 19.2. The van der Waals surface area contributed by atoms with Crippen molar-refractivity contribution in [2.24, 2.45) is 17.5 Å². The highest BCUT2D eigenvalue weighted by atomic mass is 16.5. The van der Waals surface area contributed by atoms with E-state index in [1.807, 2.05) is 18.8 Å². The summed E-state index contributed by atoms with van der Waals surface area (Å²) in [7, 11) is 4.01. The van der Waals surface area contributed by atoms with Gasteiger partial charge in [0.25, 0.3) is 0 Å². The number of nitrogens with one attached hydrogen (secondary N) is 1. The Morgan fingerprint density at radius 2 is 2.15 bits per heavy atom. The van der Waals surface area contributed by atoms with Gasteiger partial charge < -0.3 is 20.1 Å². The van der Waals surface area contributed by atoms with Crippen LogP contribution in [0.25, 0.3) is 0 Å². The summed E-state index contributed by atoms with van der Waals surface area (Å²) in [6, 6.07) is 0. The Morgan fingerprint density at radius 1 is 1.46 bits per heavy atom. The molecule has 1 saturated heterocycles. The summed E-state index contributed by atoms with van der Waals surface area (Å²) >= 11 is 0. The van der Waals surface area contributed by atoms with Gasteiger partial charge in [-0.15, -0.1) is 0 Å². The zero-order valence-electron chi connectivity index (χ0n) is 17.0. The van der Waals surface area contributed by atoms with Crippen LogP contribution in [0.5, 0.6) is 0 Å². The molecule has 0 radical (unpaired) electrons. The van der Waals surface area contributed by atoms with Crippen molar-refractivity contribution in [3.05, 3.63) is 17.5 Å². The number of aryl methyl sites for hydroxylation is 1. The first-order valence-corrected chi connectivity index (χ1v) is 9.61. The fourth-order valence-electron chi connectivity index (χ4n) is 3.38. The molecule has 0 amide bonds. The van der Waals surface area contributed by atoms with Gasteiger partial charge in [0.1, 0.15) is 0 Å². The predicted octanol–water partition coefficient (Wildman–Crippen LogP) is 1.73. The molecule has 2 heterocycles. The molecule has 0 aromatic carbocycles. The molecule has 1 aliphatic heterocycles. The third-order valence-electron chi connectivity index (χ3n) is 5.04. The van der Waals surface area contributed by atoms with Gasteiger partial charge in [-0.05, 0) is 25.7 Å². The Hall–Kier alpha value is -1.60. The Kier molecular flexibility index (Phi) is 7.46. The second kappa shape index (κ2) is 9.37. The molecule has 7 nitrogen and oxygen atoms in total. The highest BCUT2D eigenvalue weighted by molar-refractivity contribution is 5.79. The molecule has 26 heavy (non-hydrogen) atoms. The smallest absolute Gasteiger partial charge is 0.193 e. The van der Waals surface area contributed by atoms with Crippen molar-refractivity contribution in [3.8, 4) is 0 Å². The van der Waals surface area contributed by atoms with Crippen LogP contribution in [-0.4, -0.2) is 65.7 Å². The first-order chi connectivity index (χ1) is 12.4. The number of aromatic nitrogens is 2. The van der Waals surface area contributed by atoms with E-state index in [-0.39, 0.29) is 12.0 Å². The van der Waals surface area contributed by atoms with Crippen molar-refractivity contribution in [3.63, 3.8) is 0 Å². The van der Waals surface area contributed by atoms with Crippen LogP contribution in [0.1, 0.15) is 50.8 Å². The lowest BCUT2D eigenvalue weighted by Gasteiger charge is -2.34. The summed E-state index contributed by atoms with van der Waals surface area (Å²) in [5.41, 5.74) is 2.20. The number of aliphatic hydroxyl groups excluding tert-OH is 1. The lowest BCUT2D eigenvalue weighted by atomic mass is 9.81. The number of nitrogens with zero attached hydrogens (tertiary/aromatic N) is 4. The second-order valence-electron chi connectivity index (χ2n) is 7.66. The maximum atomic E-state index is 9.89. The summed E-state index contributed by atoms with van der Waals surface area (Å²) in [6.07, 6.45) is 3.80. The van der Waals surface area contributed by atoms with Gasteiger partial charge in [0.05, 0.1) is 18.8 Å². The van der Waals surface area contributed by atoms with Crippen LogP contribution in [0.4, 0.5) is 0 Å². The van der Waals surface area contributed by atoms with Crippen molar-refractivity contribution in [1.82, 2.24) is 20.0 Å². The highest BCUT2D eigenvalue weighted by Crippen LogP contribution is 2.30. The molecule has 1 fully saturated rings. The molecule has 148 valence electrons. The predicted molar refractivity (Wildman–Crippen MR) is 104 cm³/mol. The lowest BCUT2D eigenvalue weighted by Crippen LogP contribution is -2.41. The van der Waals surface area contributed by atoms with Crippen molar-refractivity contribution in [2.75, 3.05) is 40.0 Å². The van der Waals surface area contributed by atoms with E-state index in [0.717, 1.165) is 37.6 Å². The quantitative estimate of drug-likeness (QED) is 0.569. The van der Waals surface area contributed by atoms with Crippen LogP contribution in [-0.2, 0) is 18.3 Å². The minimum atomic E-state index is -0.156. The third-order valence-corrected chi connectivity index (χ3v) is 5.04. The Balaban J connectivity index is 2.12. The number of aliphatic hydroxyl groups is 1. The molecule has 7 heteroatoms. The molecule has 1 aromatic heterocycles. The summed E-state index contributed by atoms with van der Waals surface area (Å²) in [5, 5.41) is 17.9. The molecule has 0 bridgehead atoms. The monoisotopic (exact) mass is 365 g/mol. The molecule has 2 rings (SSSR count). The van der Waals surface area contributed by atoms with Crippen molar-refractivity contribution < 1.29 is 9.84 Å². The minimum Gasteiger partial charge on any atom is -0.396 e. The molecular formula is C19H35N5O2. The molecule has 0 aliphatic carbocycles. The minimum absolute atomic E-state index is 0.156. The van der Waals surface area contributed by atoms with E-state index >= 15 is 0 Å². The van der Waals surface area contributed by atoms with Crippen LogP contribution in [0, 0.1) is 5.41 Å². The van der Waals surface area contributed by atoms with Gasteiger partial charge in [0, 0.05) is 57.6 Å². The summed E-state index contributed by atoms with van der Waals surface area (Å²) in [5.74, 6) is 1.25. The van der Waals surface area contributed by atoms with Crippen LogP contribution >= 0.6 is 0 Å². The molecular weight excluding hydrogens is 330 g/mol. The maximum Gasteiger partial charge on any atom is 0.193 e. The fourth-order valence-corrected chi connectivity index (χ4v) is 3.38. The molecule has 1 aromatic rings. The lowest BCUT2D eigenvalue weighted by molar-refractivity contribution is -0.0107. The largest absolute Gasteiger partial charge is 0.396 e. The van der Waals surface area contributed by atoms with Gasteiger partial charge in [-0.25, -0.2) is 0 Å². The van der Waals surface area contributed by atoms with E-state index in [4.69, 9.17) is 9.73 Å². The zero-order valence-corrected chi connectivity index (χ0v) is 17.0. The van der Waals surface area contributed by atoms with Gasteiger partial charge in [0.15, 0.2) is 5.96 Å². The summed E-state index contributed by atoms with van der Waals surface area (Å²) in [4.78, 5) is 6.98. The third kappa shape index (κ3) is 5.20. The van der Waals surface area contributed by atoms with Gasteiger partial charge in [-0.1, -0.05) is 13.8 Å². The van der Waals surface area contributed by atoms with Crippen LogP contribution < -0.4 is 5.32 Å². The normalized spacial score (nSPS) is 17.6. The van der Waals surface area contributed by atoms with Gasteiger partial charge in [-0.3, -0.25) is 9.67 Å². The van der Waals surface area contributed by atoms with Gasteiger partial charge >= 0.3 is 0 Å². The van der Waals surface area contributed by atoms with Crippen molar-refractivity contribution in [1.29, 1.82) is 0 Å². The van der Waals surface area contributed by atoms with Crippen LogP contribution in [0.2, 0.25) is 0 Å². The molecule has 1 aliphatic rings. The number of hydrogen-bond acceptors (Lipinski definition) is 4. The first-order valence-electron chi connectivity index (χ1n) is 9.61. The Bertz CT molecular complexity index is 591. The van der Waals surface area contributed by atoms with Crippen molar-refractivity contribution >= 4 is 5.96 Å².